The number of rotatable bonds is 8. The molecular weight excluding hydrogens is 234 g/mol. The van der Waals surface area contributed by atoms with Gasteiger partial charge in [0, 0.05) is 38.6 Å². The van der Waals surface area contributed by atoms with Crippen molar-refractivity contribution in [1.82, 2.24) is 15.1 Å². The zero-order valence-electron chi connectivity index (χ0n) is 10.8. The second kappa shape index (κ2) is 7.53. The van der Waals surface area contributed by atoms with Gasteiger partial charge in [-0.2, -0.15) is 5.10 Å². The highest BCUT2D eigenvalue weighted by Crippen LogP contribution is 2.24. The lowest BCUT2D eigenvalue weighted by molar-refractivity contribution is 0.199. The second-order valence-corrected chi connectivity index (χ2v) is 4.77. The van der Waals surface area contributed by atoms with Crippen molar-refractivity contribution in [2.75, 3.05) is 26.0 Å². The maximum absolute atomic E-state index is 5.01. The van der Waals surface area contributed by atoms with Crippen LogP contribution in [0.2, 0.25) is 0 Å². The van der Waals surface area contributed by atoms with Crippen molar-refractivity contribution in [1.29, 1.82) is 0 Å². The fraction of sp³-hybridized carbons (Fsp3) is 0.583. The molecule has 17 heavy (non-hydrogen) atoms. The Bertz CT molecular complexity index is 363. The molecule has 0 aliphatic rings. The van der Waals surface area contributed by atoms with Crippen LogP contribution in [0.25, 0.3) is 0 Å². The first-order valence-corrected chi connectivity index (χ1v) is 6.65. The van der Waals surface area contributed by atoms with Crippen molar-refractivity contribution in [3.8, 4) is 0 Å². The molecule has 0 amide bonds. The molecule has 0 bridgehead atoms. The standard InChI is InChI=1S/C12H21N3OS/c1-5-8-17-12-11(9-13-6-7-16-4)10(2)14-15(12)3/h5,13H,1,6-9H2,2-4H3. The van der Waals surface area contributed by atoms with Crippen molar-refractivity contribution in [2.45, 2.75) is 18.5 Å². The summed E-state index contributed by atoms with van der Waals surface area (Å²) in [6.07, 6.45) is 1.91. The molecule has 5 heteroatoms. The molecule has 96 valence electrons. The van der Waals surface area contributed by atoms with Crippen LogP contribution >= 0.6 is 11.8 Å². The molecule has 0 saturated carbocycles. The van der Waals surface area contributed by atoms with E-state index in [1.165, 1.54) is 10.6 Å². The molecule has 0 unspecified atom stereocenters. The summed E-state index contributed by atoms with van der Waals surface area (Å²) in [7, 11) is 3.69. The minimum absolute atomic E-state index is 0.731. The first kappa shape index (κ1) is 14.3. The summed E-state index contributed by atoms with van der Waals surface area (Å²) in [4.78, 5) is 0. The summed E-state index contributed by atoms with van der Waals surface area (Å²) in [5, 5.41) is 9.02. The molecule has 0 atom stereocenters. The van der Waals surface area contributed by atoms with Gasteiger partial charge in [-0.25, -0.2) is 0 Å². The summed E-state index contributed by atoms with van der Waals surface area (Å²) in [6.45, 7) is 8.22. The third-order valence-electron chi connectivity index (χ3n) is 2.41. The zero-order valence-corrected chi connectivity index (χ0v) is 11.6. The van der Waals surface area contributed by atoms with Crippen molar-refractivity contribution in [2.24, 2.45) is 7.05 Å². The van der Waals surface area contributed by atoms with Gasteiger partial charge >= 0.3 is 0 Å². The van der Waals surface area contributed by atoms with Gasteiger partial charge in [-0.3, -0.25) is 4.68 Å². The minimum atomic E-state index is 0.731. The maximum atomic E-state index is 5.01. The third-order valence-corrected chi connectivity index (χ3v) is 3.60. The molecule has 4 nitrogen and oxygen atoms in total. The zero-order chi connectivity index (χ0) is 12.7. The van der Waals surface area contributed by atoms with E-state index in [0.29, 0.717) is 0 Å². The van der Waals surface area contributed by atoms with Gasteiger partial charge in [-0.15, -0.1) is 18.3 Å². The predicted molar refractivity (Wildman–Crippen MR) is 72.4 cm³/mol. The van der Waals surface area contributed by atoms with Gasteiger partial charge in [0.15, 0.2) is 0 Å². The Morgan fingerprint density at radius 1 is 1.59 bits per heavy atom. The Labute approximate surface area is 107 Å². The highest BCUT2D eigenvalue weighted by Gasteiger charge is 2.12. The quantitative estimate of drug-likeness (QED) is 0.436. The van der Waals surface area contributed by atoms with Crippen LogP contribution < -0.4 is 5.32 Å². The normalized spacial score (nSPS) is 10.8. The van der Waals surface area contributed by atoms with Crippen molar-refractivity contribution >= 4 is 11.8 Å². The minimum Gasteiger partial charge on any atom is -0.383 e. The third kappa shape index (κ3) is 4.18. The van der Waals surface area contributed by atoms with E-state index in [1.54, 1.807) is 18.9 Å². The number of ether oxygens (including phenoxy) is 1. The Hall–Kier alpha value is -0.780. The van der Waals surface area contributed by atoms with Crippen molar-refractivity contribution in [3.05, 3.63) is 23.9 Å². The Balaban J connectivity index is 2.64. The smallest absolute Gasteiger partial charge is 0.0987 e. The van der Waals surface area contributed by atoms with Gasteiger partial charge < -0.3 is 10.1 Å². The van der Waals surface area contributed by atoms with Gasteiger partial charge in [0.25, 0.3) is 0 Å². The number of hydrogen-bond acceptors (Lipinski definition) is 4. The summed E-state index contributed by atoms with van der Waals surface area (Å²) in [5.74, 6) is 0.907. The lowest BCUT2D eigenvalue weighted by Crippen LogP contribution is -2.19. The van der Waals surface area contributed by atoms with Crippen LogP contribution in [-0.2, 0) is 18.3 Å². The van der Waals surface area contributed by atoms with E-state index >= 15 is 0 Å². The predicted octanol–water partition coefficient (Wildman–Crippen LogP) is 1.74. The summed E-state index contributed by atoms with van der Waals surface area (Å²) < 4.78 is 6.95. The number of nitrogens with zero attached hydrogens (tertiary/aromatic N) is 2. The lowest BCUT2D eigenvalue weighted by atomic mass is 10.2. The monoisotopic (exact) mass is 255 g/mol. The highest BCUT2D eigenvalue weighted by atomic mass is 32.2. The van der Waals surface area contributed by atoms with E-state index in [9.17, 15) is 0 Å². The Morgan fingerprint density at radius 2 is 2.35 bits per heavy atom. The molecule has 1 heterocycles. The van der Waals surface area contributed by atoms with Gasteiger partial charge in [0.05, 0.1) is 17.3 Å². The molecule has 0 aliphatic heterocycles. The highest BCUT2D eigenvalue weighted by molar-refractivity contribution is 7.99. The fourth-order valence-electron chi connectivity index (χ4n) is 1.59. The maximum Gasteiger partial charge on any atom is 0.0987 e. The van der Waals surface area contributed by atoms with Crippen LogP contribution in [0.4, 0.5) is 0 Å². The van der Waals surface area contributed by atoms with Crippen LogP contribution in [0.15, 0.2) is 17.7 Å². The number of aryl methyl sites for hydroxylation is 2. The number of thioether (sulfide) groups is 1. The fourth-order valence-corrected chi connectivity index (χ4v) is 2.49. The molecule has 0 radical (unpaired) electrons. The van der Waals surface area contributed by atoms with E-state index in [-0.39, 0.29) is 0 Å². The molecule has 0 aliphatic carbocycles. The number of hydrogen-bond donors (Lipinski definition) is 1. The van der Waals surface area contributed by atoms with Crippen LogP contribution in [0, 0.1) is 6.92 Å². The molecule has 1 N–H and O–H groups in total. The van der Waals surface area contributed by atoms with Crippen molar-refractivity contribution < 1.29 is 4.74 Å². The molecule has 0 aromatic carbocycles. The van der Waals surface area contributed by atoms with Gasteiger partial charge in [0.1, 0.15) is 0 Å². The molecule has 0 fully saturated rings. The molecule has 0 saturated heterocycles. The average molecular weight is 255 g/mol. The largest absolute Gasteiger partial charge is 0.383 e. The second-order valence-electron chi connectivity index (χ2n) is 3.76. The molecule has 0 spiro atoms. The molecule has 1 rings (SSSR count). The Kier molecular flexibility index (Phi) is 6.32. The first-order valence-electron chi connectivity index (χ1n) is 5.66. The topological polar surface area (TPSA) is 39.1 Å². The van der Waals surface area contributed by atoms with Crippen LogP contribution in [0.3, 0.4) is 0 Å². The van der Waals surface area contributed by atoms with Gasteiger partial charge in [0.2, 0.25) is 0 Å². The van der Waals surface area contributed by atoms with Crippen molar-refractivity contribution in [3.63, 3.8) is 0 Å². The number of methoxy groups -OCH3 is 1. The van der Waals surface area contributed by atoms with Gasteiger partial charge in [-0.05, 0) is 6.92 Å². The molecule has 1 aromatic rings. The first-order chi connectivity index (χ1) is 8.20. The van der Waals surface area contributed by atoms with E-state index in [1.807, 2.05) is 24.7 Å². The van der Waals surface area contributed by atoms with Crippen LogP contribution in [0.1, 0.15) is 11.3 Å². The van der Waals surface area contributed by atoms with E-state index in [2.05, 4.69) is 17.0 Å². The number of nitrogens with one attached hydrogen (secondary N) is 1. The van der Waals surface area contributed by atoms with Crippen LogP contribution in [-0.4, -0.2) is 35.8 Å². The van der Waals surface area contributed by atoms with Gasteiger partial charge in [-0.1, -0.05) is 6.08 Å². The SMILES string of the molecule is C=CCSc1c(CNCCOC)c(C)nn1C. The summed E-state index contributed by atoms with van der Waals surface area (Å²) in [5.41, 5.74) is 2.36. The molecular formula is C12H21N3OS. The lowest BCUT2D eigenvalue weighted by Gasteiger charge is -2.06. The Morgan fingerprint density at radius 3 is 3.00 bits per heavy atom. The molecule has 1 aromatic heterocycles. The van der Waals surface area contributed by atoms with Crippen LogP contribution in [0.5, 0.6) is 0 Å². The van der Waals surface area contributed by atoms with E-state index in [0.717, 1.165) is 31.1 Å². The number of aromatic nitrogens is 2. The van der Waals surface area contributed by atoms with E-state index in [4.69, 9.17) is 4.74 Å². The average Bonchev–Trinajstić information content (AvgIpc) is 2.57. The summed E-state index contributed by atoms with van der Waals surface area (Å²) >= 11 is 1.77. The summed E-state index contributed by atoms with van der Waals surface area (Å²) in [6, 6.07) is 0. The van der Waals surface area contributed by atoms with E-state index < -0.39 is 0 Å².